The van der Waals surface area contributed by atoms with Crippen LogP contribution in [0.5, 0.6) is 0 Å². The minimum absolute atomic E-state index is 0.185. The molecular formula is C25H19Cl2N3O3. The van der Waals surface area contributed by atoms with Crippen molar-refractivity contribution in [1.82, 2.24) is 10.5 Å². The number of rotatable bonds is 6. The van der Waals surface area contributed by atoms with Gasteiger partial charge in [-0.2, -0.15) is 0 Å². The lowest BCUT2D eigenvalue weighted by Gasteiger charge is -2.12. The maximum Gasteiger partial charge on any atom is 0.261 e. The van der Waals surface area contributed by atoms with E-state index in [2.05, 4.69) is 15.8 Å². The highest BCUT2D eigenvalue weighted by molar-refractivity contribution is 6.39. The molecule has 1 aromatic heterocycles. The molecule has 0 fully saturated rings. The van der Waals surface area contributed by atoms with Crippen LogP contribution in [0.2, 0.25) is 10.0 Å². The third-order valence-electron chi connectivity index (χ3n) is 5.01. The summed E-state index contributed by atoms with van der Waals surface area (Å²) in [5.41, 5.74) is 2.46. The average Bonchev–Trinajstić information content (AvgIpc) is 3.19. The number of aryl methyl sites for hydroxylation is 1. The van der Waals surface area contributed by atoms with Gasteiger partial charge in [0.1, 0.15) is 17.0 Å². The molecular weight excluding hydrogens is 461 g/mol. The van der Waals surface area contributed by atoms with Gasteiger partial charge in [0, 0.05) is 12.1 Å². The number of hydrogen-bond acceptors (Lipinski definition) is 4. The molecule has 0 bridgehead atoms. The fourth-order valence-corrected chi connectivity index (χ4v) is 3.96. The largest absolute Gasteiger partial charge is 0.360 e. The van der Waals surface area contributed by atoms with E-state index in [9.17, 15) is 9.59 Å². The second-order valence-electron chi connectivity index (χ2n) is 7.23. The first kappa shape index (κ1) is 22.6. The number of benzene rings is 3. The van der Waals surface area contributed by atoms with Gasteiger partial charge in [0.05, 0.1) is 21.3 Å². The summed E-state index contributed by atoms with van der Waals surface area (Å²) in [5, 5.41) is 10.4. The van der Waals surface area contributed by atoms with Crippen LogP contribution in [0.1, 0.15) is 32.0 Å². The topological polar surface area (TPSA) is 84.2 Å². The van der Waals surface area contributed by atoms with E-state index < -0.39 is 5.91 Å². The van der Waals surface area contributed by atoms with Crippen molar-refractivity contribution in [2.45, 2.75) is 13.5 Å². The number of amides is 2. The molecule has 8 heteroatoms. The Morgan fingerprint density at radius 3 is 2.27 bits per heavy atom. The summed E-state index contributed by atoms with van der Waals surface area (Å²) in [4.78, 5) is 26.1. The van der Waals surface area contributed by atoms with Gasteiger partial charge in [-0.25, -0.2) is 0 Å². The Kier molecular flexibility index (Phi) is 6.77. The van der Waals surface area contributed by atoms with Crippen molar-refractivity contribution in [1.29, 1.82) is 0 Å². The van der Waals surface area contributed by atoms with Crippen molar-refractivity contribution >= 4 is 40.7 Å². The highest BCUT2D eigenvalue weighted by Gasteiger charge is 2.26. The third-order valence-corrected chi connectivity index (χ3v) is 5.64. The number of carbonyl (C=O) groups excluding carboxylic acids is 2. The van der Waals surface area contributed by atoms with E-state index in [1.807, 2.05) is 30.3 Å². The summed E-state index contributed by atoms with van der Waals surface area (Å²) >= 11 is 12.6. The number of anilines is 1. The third kappa shape index (κ3) is 4.92. The van der Waals surface area contributed by atoms with Crippen LogP contribution in [0.4, 0.5) is 5.69 Å². The van der Waals surface area contributed by atoms with Gasteiger partial charge in [0.2, 0.25) is 0 Å². The lowest BCUT2D eigenvalue weighted by molar-refractivity contribution is 0.0952. The molecule has 6 nitrogen and oxygen atoms in total. The van der Waals surface area contributed by atoms with Crippen molar-refractivity contribution in [3.05, 3.63) is 105 Å². The zero-order valence-corrected chi connectivity index (χ0v) is 19.1. The Morgan fingerprint density at radius 1 is 0.879 bits per heavy atom. The van der Waals surface area contributed by atoms with Gasteiger partial charge in [-0.15, -0.1) is 0 Å². The van der Waals surface area contributed by atoms with Gasteiger partial charge in [-0.1, -0.05) is 76.9 Å². The van der Waals surface area contributed by atoms with E-state index >= 15 is 0 Å². The first-order valence-electron chi connectivity index (χ1n) is 10.1. The Bertz CT molecular complexity index is 1300. The van der Waals surface area contributed by atoms with E-state index in [0.29, 0.717) is 39.2 Å². The zero-order chi connectivity index (χ0) is 23.4. The molecule has 0 aliphatic carbocycles. The molecule has 0 atom stereocenters. The van der Waals surface area contributed by atoms with Crippen LogP contribution in [0.3, 0.4) is 0 Å². The summed E-state index contributed by atoms with van der Waals surface area (Å²) in [7, 11) is 0. The number of para-hydroxylation sites is 1. The smallest absolute Gasteiger partial charge is 0.261 e. The number of aromatic nitrogens is 1. The van der Waals surface area contributed by atoms with Gasteiger partial charge >= 0.3 is 0 Å². The van der Waals surface area contributed by atoms with Crippen LogP contribution < -0.4 is 10.6 Å². The summed E-state index contributed by atoms with van der Waals surface area (Å²) in [6, 6.07) is 21.3. The fourth-order valence-electron chi connectivity index (χ4n) is 3.38. The minimum atomic E-state index is -0.497. The van der Waals surface area contributed by atoms with Crippen molar-refractivity contribution in [2.75, 3.05) is 5.32 Å². The molecule has 4 aromatic rings. The van der Waals surface area contributed by atoms with Gasteiger partial charge < -0.3 is 15.2 Å². The van der Waals surface area contributed by atoms with Crippen molar-refractivity contribution in [3.8, 4) is 11.3 Å². The Labute approximate surface area is 200 Å². The number of nitrogens with zero attached hydrogens (tertiary/aromatic N) is 1. The van der Waals surface area contributed by atoms with E-state index in [4.69, 9.17) is 27.7 Å². The first-order chi connectivity index (χ1) is 16.0. The minimum Gasteiger partial charge on any atom is -0.360 e. The van der Waals surface area contributed by atoms with Gasteiger partial charge in [0.25, 0.3) is 11.8 Å². The quantitative estimate of drug-likeness (QED) is 0.347. The molecule has 2 amide bonds. The Balaban J connectivity index is 1.60. The SMILES string of the molecule is Cc1onc(-c2c(Cl)cccc2Cl)c1C(=O)Nc1ccccc1C(=O)NCc1ccccc1. The molecule has 166 valence electrons. The fraction of sp³-hybridized carbons (Fsp3) is 0.0800. The average molecular weight is 480 g/mol. The normalized spacial score (nSPS) is 10.6. The monoisotopic (exact) mass is 479 g/mol. The molecule has 3 aromatic carbocycles. The molecule has 0 spiro atoms. The maximum atomic E-state index is 13.2. The summed E-state index contributed by atoms with van der Waals surface area (Å²) < 4.78 is 5.28. The lowest BCUT2D eigenvalue weighted by atomic mass is 10.0. The molecule has 0 saturated carbocycles. The van der Waals surface area contributed by atoms with E-state index in [1.54, 1.807) is 49.4 Å². The molecule has 0 aliphatic heterocycles. The number of nitrogens with one attached hydrogen (secondary N) is 2. The summed E-state index contributed by atoms with van der Waals surface area (Å²) in [5.74, 6) is -0.515. The van der Waals surface area contributed by atoms with Crippen molar-refractivity contribution < 1.29 is 14.1 Å². The zero-order valence-electron chi connectivity index (χ0n) is 17.6. The molecule has 0 unspecified atom stereocenters. The standard InChI is InChI=1S/C25H19Cl2N3O3/c1-15-21(23(30-33-15)22-18(26)11-7-12-19(22)27)25(32)29-20-13-6-5-10-17(20)24(31)28-14-16-8-3-2-4-9-16/h2-13H,14H2,1H3,(H,28,31)(H,29,32). The molecule has 2 N–H and O–H groups in total. The van der Waals surface area contributed by atoms with Crippen LogP contribution in [0.15, 0.2) is 77.3 Å². The van der Waals surface area contributed by atoms with Crippen LogP contribution in [0.25, 0.3) is 11.3 Å². The Hall–Kier alpha value is -3.61. The van der Waals surface area contributed by atoms with Gasteiger partial charge in [-0.05, 0) is 36.8 Å². The van der Waals surface area contributed by atoms with Crippen molar-refractivity contribution in [2.24, 2.45) is 0 Å². The lowest BCUT2D eigenvalue weighted by Crippen LogP contribution is -2.25. The van der Waals surface area contributed by atoms with Gasteiger partial charge in [-0.3, -0.25) is 9.59 Å². The number of carbonyl (C=O) groups is 2. The molecule has 33 heavy (non-hydrogen) atoms. The van der Waals surface area contributed by atoms with E-state index in [1.165, 1.54) is 0 Å². The predicted octanol–water partition coefficient (Wildman–Crippen LogP) is 6.14. The summed E-state index contributed by atoms with van der Waals surface area (Å²) in [6.45, 7) is 1.98. The maximum absolute atomic E-state index is 13.2. The van der Waals surface area contributed by atoms with E-state index in [0.717, 1.165) is 5.56 Å². The van der Waals surface area contributed by atoms with Crippen molar-refractivity contribution in [3.63, 3.8) is 0 Å². The first-order valence-corrected chi connectivity index (χ1v) is 10.8. The number of hydrogen-bond donors (Lipinski definition) is 2. The summed E-state index contributed by atoms with van der Waals surface area (Å²) in [6.07, 6.45) is 0. The van der Waals surface area contributed by atoms with Crippen LogP contribution in [-0.4, -0.2) is 17.0 Å². The highest BCUT2D eigenvalue weighted by Crippen LogP contribution is 2.37. The highest BCUT2D eigenvalue weighted by atomic mass is 35.5. The van der Waals surface area contributed by atoms with Crippen LogP contribution in [-0.2, 0) is 6.54 Å². The molecule has 4 rings (SSSR count). The second kappa shape index (κ2) is 9.90. The molecule has 0 saturated heterocycles. The van der Waals surface area contributed by atoms with Crippen LogP contribution >= 0.6 is 23.2 Å². The van der Waals surface area contributed by atoms with Gasteiger partial charge in [0.15, 0.2) is 0 Å². The molecule has 0 radical (unpaired) electrons. The molecule has 0 aliphatic rings. The van der Waals surface area contributed by atoms with E-state index in [-0.39, 0.29) is 17.2 Å². The predicted molar refractivity (Wildman–Crippen MR) is 129 cm³/mol. The molecule has 1 heterocycles. The second-order valence-corrected chi connectivity index (χ2v) is 8.04. The Morgan fingerprint density at radius 2 is 1.55 bits per heavy atom. The van der Waals surface area contributed by atoms with Crippen LogP contribution in [0, 0.1) is 6.92 Å². The number of halogens is 2.